The summed E-state index contributed by atoms with van der Waals surface area (Å²) in [5.74, 6) is 3.41. The number of anilines is 1. The lowest BCUT2D eigenvalue weighted by atomic mass is 9.87. The Labute approximate surface area is 122 Å². The van der Waals surface area contributed by atoms with E-state index < -0.39 is 0 Å². The molecule has 3 rings (SSSR count). The minimum Gasteiger partial charge on any atom is -0.494 e. The van der Waals surface area contributed by atoms with Crippen LogP contribution in [0.5, 0.6) is 5.75 Å². The van der Waals surface area contributed by atoms with Crippen LogP contribution in [0.4, 0.5) is 5.69 Å². The van der Waals surface area contributed by atoms with Gasteiger partial charge in [0.1, 0.15) is 5.75 Å². The van der Waals surface area contributed by atoms with Crippen LogP contribution in [0.15, 0.2) is 36.4 Å². The number of allylic oxidation sites excluding steroid dienone is 2. The molecule has 2 aliphatic carbocycles. The van der Waals surface area contributed by atoms with Gasteiger partial charge in [0.2, 0.25) is 0 Å². The lowest BCUT2D eigenvalue weighted by Crippen LogP contribution is -2.28. The molecule has 2 bridgehead atoms. The minimum atomic E-state index is 0.539. The van der Waals surface area contributed by atoms with Crippen LogP contribution in [0.2, 0.25) is 0 Å². The third kappa shape index (κ3) is 2.84. The van der Waals surface area contributed by atoms with Gasteiger partial charge in [0, 0.05) is 11.7 Å². The van der Waals surface area contributed by atoms with Crippen LogP contribution in [0.3, 0.4) is 0 Å². The van der Waals surface area contributed by atoms with Gasteiger partial charge in [-0.3, -0.25) is 0 Å². The molecular weight excluding hydrogens is 246 g/mol. The molecule has 0 amide bonds. The summed E-state index contributed by atoms with van der Waals surface area (Å²) in [7, 11) is 0. The van der Waals surface area contributed by atoms with Crippen LogP contribution >= 0.6 is 0 Å². The summed E-state index contributed by atoms with van der Waals surface area (Å²) in [6, 6.07) is 8.92. The van der Waals surface area contributed by atoms with E-state index in [0.29, 0.717) is 6.04 Å². The summed E-state index contributed by atoms with van der Waals surface area (Å²) in [4.78, 5) is 0. The summed E-state index contributed by atoms with van der Waals surface area (Å²) in [5, 5.41) is 3.66. The summed E-state index contributed by atoms with van der Waals surface area (Å²) >= 11 is 0. The first-order chi connectivity index (χ1) is 9.76. The van der Waals surface area contributed by atoms with E-state index in [0.717, 1.165) is 36.5 Å². The van der Waals surface area contributed by atoms with E-state index in [9.17, 15) is 0 Å². The second kappa shape index (κ2) is 5.90. The zero-order valence-electron chi connectivity index (χ0n) is 12.5. The Balaban J connectivity index is 1.56. The van der Waals surface area contributed by atoms with Crippen LogP contribution in [0.25, 0.3) is 0 Å². The summed E-state index contributed by atoms with van der Waals surface area (Å²) in [5.41, 5.74) is 1.20. The first kappa shape index (κ1) is 13.5. The zero-order chi connectivity index (χ0) is 13.9. The molecule has 1 fully saturated rings. The molecule has 2 aliphatic rings. The molecule has 0 heterocycles. The third-order valence-electron chi connectivity index (χ3n) is 4.69. The lowest BCUT2D eigenvalue weighted by Gasteiger charge is -2.27. The van der Waals surface area contributed by atoms with Gasteiger partial charge in [-0.15, -0.1) is 0 Å². The SMILES string of the molecule is CCCOc1ccc(NC(C)C2CC3C=CC2C3)cc1. The number of hydrogen-bond acceptors (Lipinski definition) is 2. The van der Waals surface area contributed by atoms with Gasteiger partial charge in [0.15, 0.2) is 0 Å². The molecule has 0 aliphatic heterocycles. The highest BCUT2D eigenvalue weighted by Crippen LogP contribution is 2.45. The standard InChI is InChI=1S/C18H25NO/c1-3-10-20-17-8-6-16(7-9-17)19-13(2)18-12-14-4-5-15(18)11-14/h4-9,13-15,18-19H,3,10-12H2,1-2H3. The van der Waals surface area contributed by atoms with Gasteiger partial charge in [-0.05, 0) is 68.2 Å². The number of ether oxygens (including phenoxy) is 1. The van der Waals surface area contributed by atoms with Crippen molar-refractivity contribution in [1.82, 2.24) is 0 Å². The molecule has 1 aromatic carbocycles. The van der Waals surface area contributed by atoms with Crippen LogP contribution in [0, 0.1) is 17.8 Å². The maximum absolute atomic E-state index is 5.62. The van der Waals surface area contributed by atoms with Crippen LogP contribution < -0.4 is 10.1 Å². The Morgan fingerprint density at radius 1 is 1.20 bits per heavy atom. The van der Waals surface area contributed by atoms with E-state index in [1.807, 2.05) is 0 Å². The highest BCUT2D eigenvalue weighted by molar-refractivity contribution is 5.47. The smallest absolute Gasteiger partial charge is 0.119 e. The molecule has 0 radical (unpaired) electrons. The van der Waals surface area contributed by atoms with E-state index in [4.69, 9.17) is 4.74 Å². The predicted molar refractivity (Wildman–Crippen MR) is 84.2 cm³/mol. The molecule has 108 valence electrons. The molecule has 2 heteroatoms. The largest absolute Gasteiger partial charge is 0.494 e. The van der Waals surface area contributed by atoms with E-state index in [-0.39, 0.29) is 0 Å². The normalized spacial score (nSPS) is 28.6. The number of hydrogen-bond donors (Lipinski definition) is 1. The van der Waals surface area contributed by atoms with Crippen LogP contribution in [-0.4, -0.2) is 12.6 Å². The fraction of sp³-hybridized carbons (Fsp3) is 0.556. The second-order valence-corrected chi connectivity index (χ2v) is 6.25. The average molecular weight is 271 g/mol. The first-order valence-electron chi connectivity index (χ1n) is 7.94. The van der Waals surface area contributed by atoms with Crippen molar-refractivity contribution in [2.45, 2.75) is 39.2 Å². The number of rotatable bonds is 6. The summed E-state index contributed by atoms with van der Waals surface area (Å²) < 4.78 is 5.62. The molecule has 1 aromatic rings. The number of benzene rings is 1. The van der Waals surface area contributed by atoms with E-state index in [1.165, 1.54) is 18.5 Å². The fourth-order valence-electron chi connectivity index (χ4n) is 3.64. The molecule has 2 nitrogen and oxygen atoms in total. The van der Waals surface area contributed by atoms with Crippen molar-refractivity contribution in [3.8, 4) is 5.75 Å². The molecule has 4 unspecified atom stereocenters. The molecular formula is C18H25NO. The monoisotopic (exact) mass is 271 g/mol. The van der Waals surface area contributed by atoms with Crippen molar-refractivity contribution in [2.24, 2.45) is 17.8 Å². The number of fused-ring (bicyclic) bond motifs is 2. The number of nitrogens with one attached hydrogen (secondary N) is 1. The molecule has 0 spiro atoms. The van der Waals surface area contributed by atoms with Gasteiger partial charge in [-0.1, -0.05) is 19.1 Å². The van der Waals surface area contributed by atoms with Crippen LogP contribution in [0.1, 0.15) is 33.1 Å². The Morgan fingerprint density at radius 3 is 2.60 bits per heavy atom. The summed E-state index contributed by atoms with van der Waals surface area (Å²) in [6.45, 7) is 5.24. The van der Waals surface area contributed by atoms with Gasteiger partial charge < -0.3 is 10.1 Å². The highest BCUT2D eigenvalue weighted by atomic mass is 16.5. The Morgan fingerprint density at radius 2 is 2.00 bits per heavy atom. The van der Waals surface area contributed by atoms with Gasteiger partial charge in [-0.2, -0.15) is 0 Å². The van der Waals surface area contributed by atoms with Crippen molar-refractivity contribution in [3.05, 3.63) is 36.4 Å². The quantitative estimate of drug-likeness (QED) is 0.770. The molecule has 20 heavy (non-hydrogen) atoms. The maximum atomic E-state index is 5.62. The molecule has 1 saturated carbocycles. The predicted octanol–water partition coefficient (Wildman–Crippen LogP) is 4.49. The average Bonchev–Trinajstić information content (AvgIpc) is 3.09. The summed E-state index contributed by atoms with van der Waals surface area (Å²) in [6.07, 6.45) is 8.62. The van der Waals surface area contributed by atoms with Crippen molar-refractivity contribution in [1.29, 1.82) is 0 Å². The molecule has 4 atom stereocenters. The Hall–Kier alpha value is -1.44. The maximum Gasteiger partial charge on any atom is 0.119 e. The van der Waals surface area contributed by atoms with Gasteiger partial charge in [-0.25, -0.2) is 0 Å². The highest BCUT2D eigenvalue weighted by Gasteiger charge is 2.38. The van der Waals surface area contributed by atoms with E-state index >= 15 is 0 Å². The fourth-order valence-corrected chi connectivity index (χ4v) is 3.64. The van der Waals surface area contributed by atoms with Crippen molar-refractivity contribution in [3.63, 3.8) is 0 Å². The first-order valence-corrected chi connectivity index (χ1v) is 7.94. The lowest BCUT2D eigenvalue weighted by molar-refractivity contribution is 0.317. The third-order valence-corrected chi connectivity index (χ3v) is 4.69. The second-order valence-electron chi connectivity index (χ2n) is 6.25. The van der Waals surface area contributed by atoms with E-state index in [1.54, 1.807) is 0 Å². The molecule has 1 N–H and O–H groups in total. The van der Waals surface area contributed by atoms with Gasteiger partial charge in [0.05, 0.1) is 6.61 Å². The van der Waals surface area contributed by atoms with Crippen molar-refractivity contribution in [2.75, 3.05) is 11.9 Å². The van der Waals surface area contributed by atoms with Crippen molar-refractivity contribution < 1.29 is 4.74 Å². The minimum absolute atomic E-state index is 0.539. The van der Waals surface area contributed by atoms with Gasteiger partial charge >= 0.3 is 0 Å². The molecule has 0 aromatic heterocycles. The van der Waals surface area contributed by atoms with Gasteiger partial charge in [0.25, 0.3) is 0 Å². The molecule has 0 saturated heterocycles. The van der Waals surface area contributed by atoms with E-state index in [2.05, 4.69) is 55.6 Å². The Kier molecular flexibility index (Phi) is 4.00. The topological polar surface area (TPSA) is 21.3 Å². The Bertz CT molecular complexity index is 465. The van der Waals surface area contributed by atoms with Crippen molar-refractivity contribution >= 4 is 5.69 Å². The van der Waals surface area contributed by atoms with Crippen LogP contribution in [-0.2, 0) is 0 Å². The zero-order valence-corrected chi connectivity index (χ0v) is 12.5.